The molecule has 1 atom stereocenters. The summed E-state index contributed by atoms with van der Waals surface area (Å²) < 4.78 is 6.41. The Bertz CT molecular complexity index is 386. The number of carbonyl (C=O) groups excluding carboxylic acids is 3. The molecule has 0 aromatic heterocycles. The predicted molar refractivity (Wildman–Crippen MR) is 74.7 cm³/mol. The first-order valence-corrected chi connectivity index (χ1v) is 6.73. The number of hydrogen-bond acceptors (Lipinski definition) is 7. The third kappa shape index (κ3) is 6.50. The van der Waals surface area contributed by atoms with Gasteiger partial charge in [-0.1, -0.05) is 0 Å². The molecule has 0 aliphatic heterocycles. The lowest BCUT2D eigenvalue weighted by molar-refractivity contribution is -0.143. The van der Waals surface area contributed by atoms with E-state index in [4.69, 9.17) is 0 Å². The van der Waals surface area contributed by atoms with Crippen LogP contribution in [0.5, 0.6) is 0 Å². The van der Waals surface area contributed by atoms with Gasteiger partial charge in [-0.15, -0.1) is 4.91 Å². The summed E-state index contributed by atoms with van der Waals surface area (Å²) in [6.07, 6.45) is 0. The van der Waals surface area contributed by atoms with Gasteiger partial charge in [-0.2, -0.15) is 0 Å². The van der Waals surface area contributed by atoms with Crippen LogP contribution in [0.1, 0.15) is 27.7 Å². The van der Waals surface area contributed by atoms with E-state index in [-0.39, 0.29) is 13.2 Å². The molecule has 0 spiro atoms. The predicted octanol–water partition coefficient (Wildman–Crippen LogP) is 0.364. The maximum Gasteiger partial charge on any atom is 0.325 e. The molecular weight excluding hydrogens is 286 g/mol. The number of nitrogens with zero attached hydrogens (tertiary/aromatic N) is 1. The van der Waals surface area contributed by atoms with Crippen molar-refractivity contribution >= 4 is 29.7 Å². The van der Waals surface area contributed by atoms with E-state index >= 15 is 0 Å². The van der Waals surface area contributed by atoms with Crippen LogP contribution in [0.15, 0.2) is 4.58 Å². The van der Waals surface area contributed by atoms with E-state index in [0.717, 1.165) is 0 Å². The van der Waals surface area contributed by atoms with Crippen molar-refractivity contribution in [3.05, 3.63) is 4.91 Å². The summed E-state index contributed by atoms with van der Waals surface area (Å²) in [5, 5.41) is 4.79. The van der Waals surface area contributed by atoms with Crippen molar-refractivity contribution in [2.24, 2.45) is 4.58 Å². The van der Waals surface area contributed by atoms with E-state index in [1.165, 1.54) is 6.92 Å². The Morgan fingerprint density at radius 3 is 2.40 bits per heavy atom. The lowest BCUT2D eigenvalue weighted by Gasteiger charge is -2.30. The van der Waals surface area contributed by atoms with Gasteiger partial charge in [-0.25, -0.2) is 0 Å². The Labute approximate surface area is 121 Å². The second-order valence-electron chi connectivity index (χ2n) is 4.43. The number of amides is 2. The highest BCUT2D eigenvalue weighted by Gasteiger charge is 2.37. The van der Waals surface area contributed by atoms with E-state index in [1.807, 2.05) is 0 Å². The molecule has 0 heterocycles. The Morgan fingerprint density at radius 2 is 1.95 bits per heavy atom. The highest BCUT2D eigenvalue weighted by molar-refractivity contribution is 7.99. The zero-order valence-corrected chi connectivity index (χ0v) is 12.7. The molecule has 9 heteroatoms. The molecule has 0 aliphatic rings. The minimum Gasteiger partial charge on any atom is -0.465 e. The van der Waals surface area contributed by atoms with Crippen LogP contribution in [0.25, 0.3) is 0 Å². The lowest BCUT2D eigenvalue weighted by atomic mass is 10.0. The van der Waals surface area contributed by atoms with Gasteiger partial charge in [-0.05, 0) is 20.8 Å². The lowest BCUT2D eigenvalue weighted by Crippen LogP contribution is -2.56. The summed E-state index contributed by atoms with van der Waals surface area (Å²) in [7, 11) is 0. The van der Waals surface area contributed by atoms with E-state index in [0.29, 0.717) is 11.9 Å². The molecule has 8 nitrogen and oxygen atoms in total. The number of hydrogen-bond donors (Lipinski definition) is 2. The highest BCUT2D eigenvalue weighted by Crippen LogP contribution is 2.29. The van der Waals surface area contributed by atoms with E-state index in [1.54, 1.807) is 20.8 Å². The minimum atomic E-state index is -1.00. The van der Waals surface area contributed by atoms with Crippen LogP contribution >= 0.6 is 11.9 Å². The molecule has 0 bridgehead atoms. The van der Waals surface area contributed by atoms with E-state index in [2.05, 4.69) is 20.0 Å². The number of nitroso groups, excluding NO2 is 1. The van der Waals surface area contributed by atoms with Gasteiger partial charge in [0.05, 0.1) is 11.4 Å². The molecule has 2 N–H and O–H groups in total. The molecule has 20 heavy (non-hydrogen) atoms. The highest BCUT2D eigenvalue weighted by atomic mass is 32.2. The summed E-state index contributed by atoms with van der Waals surface area (Å²) in [5.41, 5.74) is 0. The second kappa shape index (κ2) is 8.51. The third-order valence-corrected chi connectivity index (χ3v) is 3.07. The molecule has 0 fully saturated rings. The summed E-state index contributed by atoms with van der Waals surface area (Å²) in [6, 6.07) is -1.00. The first-order valence-electron chi connectivity index (χ1n) is 5.95. The number of nitrogens with one attached hydrogen (secondary N) is 2. The first kappa shape index (κ1) is 18.4. The zero-order valence-electron chi connectivity index (χ0n) is 11.9. The number of rotatable bonds is 8. The normalized spacial score (nSPS) is 12.2. The molecule has 0 aromatic rings. The Kier molecular flexibility index (Phi) is 7.82. The fourth-order valence-corrected chi connectivity index (χ4v) is 1.84. The third-order valence-electron chi connectivity index (χ3n) is 2.29. The molecule has 0 radical (unpaired) electrons. The largest absolute Gasteiger partial charge is 0.465 e. The maximum absolute atomic E-state index is 12.0. The molecule has 2 amide bonds. The van der Waals surface area contributed by atoms with Crippen LogP contribution in [-0.2, 0) is 19.1 Å². The Morgan fingerprint density at radius 1 is 1.35 bits per heavy atom. The van der Waals surface area contributed by atoms with Crippen molar-refractivity contribution in [1.29, 1.82) is 0 Å². The quantitative estimate of drug-likeness (QED) is 0.380. The SMILES string of the molecule is CCOC(=O)CNC(=O)[C@H](NC(C)=O)C(C)(C)SN=O. The van der Waals surface area contributed by atoms with Gasteiger partial charge < -0.3 is 15.4 Å². The summed E-state index contributed by atoms with van der Waals surface area (Å²) in [6.45, 7) is 5.97. The van der Waals surface area contributed by atoms with Gasteiger partial charge >= 0.3 is 5.97 Å². The second-order valence-corrected chi connectivity index (χ2v) is 5.81. The fraction of sp³-hybridized carbons (Fsp3) is 0.727. The summed E-state index contributed by atoms with van der Waals surface area (Å²) in [4.78, 5) is 44.7. The van der Waals surface area contributed by atoms with E-state index < -0.39 is 28.6 Å². The van der Waals surface area contributed by atoms with Crippen molar-refractivity contribution in [2.75, 3.05) is 13.2 Å². The van der Waals surface area contributed by atoms with Gasteiger partial charge in [0.25, 0.3) is 0 Å². The fourth-order valence-electron chi connectivity index (χ4n) is 1.38. The maximum atomic E-state index is 12.0. The van der Waals surface area contributed by atoms with Crippen molar-refractivity contribution in [3.63, 3.8) is 0 Å². The van der Waals surface area contributed by atoms with E-state index in [9.17, 15) is 19.3 Å². The first-order chi connectivity index (χ1) is 9.24. The number of ether oxygens (including phenoxy) is 1. The molecule has 114 valence electrons. The molecule has 0 aliphatic carbocycles. The Balaban J connectivity index is 4.77. The van der Waals surface area contributed by atoms with Gasteiger partial charge in [0.15, 0.2) is 0 Å². The Hall–Kier alpha value is -1.64. The van der Waals surface area contributed by atoms with Crippen molar-refractivity contribution in [3.8, 4) is 0 Å². The average molecular weight is 305 g/mol. The van der Waals surface area contributed by atoms with Crippen LogP contribution in [-0.4, -0.2) is 41.7 Å². The van der Waals surface area contributed by atoms with Gasteiger partial charge in [0, 0.05) is 23.5 Å². The molecule has 0 aromatic carbocycles. The van der Waals surface area contributed by atoms with Crippen molar-refractivity contribution in [2.45, 2.75) is 38.5 Å². The van der Waals surface area contributed by atoms with Gasteiger partial charge in [-0.3, -0.25) is 14.4 Å². The molecule has 0 saturated heterocycles. The zero-order chi connectivity index (χ0) is 15.8. The summed E-state index contributed by atoms with van der Waals surface area (Å²) in [5.74, 6) is -1.60. The van der Waals surface area contributed by atoms with Crippen LogP contribution in [0, 0.1) is 4.91 Å². The molecular formula is C11H19N3O5S. The van der Waals surface area contributed by atoms with Gasteiger partial charge in [0.2, 0.25) is 11.8 Å². The topological polar surface area (TPSA) is 114 Å². The molecule has 0 unspecified atom stereocenters. The number of carbonyl (C=O) groups is 3. The molecule has 0 saturated carbocycles. The van der Waals surface area contributed by atoms with Crippen LogP contribution in [0.4, 0.5) is 0 Å². The number of esters is 1. The van der Waals surface area contributed by atoms with Crippen molar-refractivity contribution < 1.29 is 19.1 Å². The van der Waals surface area contributed by atoms with Crippen molar-refractivity contribution in [1.82, 2.24) is 10.6 Å². The standard InChI is InChI=1S/C11H19N3O5S/c1-5-19-8(16)6-12-10(17)9(13-7(2)15)11(3,4)20-14-18/h9H,5-6H2,1-4H3,(H,12,17)(H,13,15)/t9-/m0/s1. The van der Waals surface area contributed by atoms with Crippen LogP contribution in [0.3, 0.4) is 0 Å². The summed E-state index contributed by atoms with van der Waals surface area (Å²) >= 11 is 0.634. The molecule has 0 rings (SSSR count). The smallest absolute Gasteiger partial charge is 0.325 e. The average Bonchev–Trinajstić information content (AvgIpc) is 2.33. The van der Waals surface area contributed by atoms with Crippen LogP contribution in [0.2, 0.25) is 0 Å². The van der Waals surface area contributed by atoms with Gasteiger partial charge in [0.1, 0.15) is 12.6 Å². The monoisotopic (exact) mass is 305 g/mol. The van der Waals surface area contributed by atoms with Crippen LogP contribution < -0.4 is 10.6 Å². The minimum absolute atomic E-state index is 0.209.